The quantitative estimate of drug-likeness (QED) is 0.780. The van der Waals surface area contributed by atoms with Crippen molar-refractivity contribution in [2.75, 3.05) is 31.1 Å². The van der Waals surface area contributed by atoms with Crippen molar-refractivity contribution >= 4 is 11.9 Å². The molecule has 0 N–H and O–H groups in total. The summed E-state index contributed by atoms with van der Waals surface area (Å²) in [7, 11) is 1.75. The molecular formula is C14H21N5O2. The molecule has 1 aliphatic rings. The third-order valence-electron chi connectivity index (χ3n) is 3.24. The summed E-state index contributed by atoms with van der Waals surface area (Å²) >= 11 is 0. The molecule has 7 heteroatoms. The summed E-state index contributed by atoms with van der Waals surface area (Å²) in [5, 5.41) is 13.3. The standard InChI is InChI=1S/C14H21N5O2/c1-14(2,3)21-13(20)19-7-5-18(6-8-19)12-9-11(10-15)17(4)16-12/h9H,5-8H2,1-4H3. The van der Waals surface area contributed by atoms with Gasteiger partial charge in [-0.05, 0) is 20.8 Å². The van der Waals surface area contributed by atoms with E-state index in [4.69, 9.17) is 10.00 Å². The van der Waals surface area contributed by atoms with E-state index in [0.717, 1.165) is 5.82 Å². The number of ether oxygens (including phenoxy) is 1. The highest BCUT2D eigenvalue weighted by atomic mass is 16.6. The second-order valence-corrected chi connectivity index (χ2v) is 6.08. The van der Waals surface area contributed by atoms with E-state index in [0.29, 0.717) is 31.9 Å². The van der Waals surface area contributed by atoms with Crippen LogP contribution in [-0.2, 0) is 11.8 Å². The summed E-state index contributed by atoms with van der Waals surface area (Å²) in [6.45, 7) is 8.12. The van der Waals surface area contributed by atoms with Gasteiger partial charge in [0.15, 0.2) is 5.82 Å². The minimum absolute atomic E-state index is 0.277. The highest BCUT2D eigenvalue weighted by Crippen LogP contribution is 2.17. The Labute approximate surface area is 124 Å². The summed E-state index contributed by atoms with van der Waals surface area (Å²) in [6, 6.07) is 3.86. The summed E-state index contributed by atoms with van der Waals surface area (Å²) in [6.07, 6.45) is -0.277. The third kappa shape index (κ3) is 3.66. The average Bonchev–Trinajstić information content (AvgIpc) is 2.78. The smallest absolute Gasteiger partial charge is 0.410 e. The molecule has 2 rings (SSSR count). The predicted molar refractivity (Wildman–Crippen MR) is 77.9 cm³/mol. The second-order valence-electron chi connectivity index (χ2n) is 6.08. The molecule has 0 aromatic carbocycles. The zero-order valence-electron chi connectivity index (χ0n) is 13.0. The van der Waals surface area contributed by atoms with Crippen molar-refractivity contribution in [3.63, 3.8) is 0 Å². The molecule has 1 fully saturated rings. The number of aromatic nitrogens is 2. The topological polar surface area (TPSA) is 74.4 Å². The molecule has 0 aliphatic carbocycles. The molecule has 2 heterocycles. The van der Waals surface area contributed by atoms with Gasteiger partial charge in [-0.1, -0.05) is 0 Å². The Morgan fingerprint density at radius 1 is 1.33 bits per heavy atom. The van der Waals surface area contributed by atoms with E-state index >= 15 is 0 Å². The first-order valence-electron chi connectivity index (χ1n) is 6.97. The highest BCUT2D eigenvalue weighted by Gasteiger charge is 2.26. The van der Waals surface area contributed by atoms with Crippen LogP contribution in [0.3, 0.4) is 0 Å². The highest BCUT2D eigenvalue weighted by molar-refractivity contribution is 5.68. The van der Waals surface area contributed by atoms with Gasteiger partial charge in [0, 0.05) is 39.3 Å². The Morgan fingerprint density at radius 3 is 2.43 bits per heavy atom. The van der Waals surface area contributed by atoms with Gasteiger partial charge in [-0.3, -0.25) is 4.68 Å². The molecule has 114 valence electrons. The van der Waals surface area contributed by atoms with Gasteiger partial charge in [-0.15, -0.1) is 0 Å². The molecule has 1 aliphatic heterocycles. The normalized spacial score (nSPS) is 15.8. The van der Waals surface area contributed by atoms with Gasteiger partial charge in [-0.2, -0.15) is 10.4 Å². The number of piperazine rings is 1. The molecule has 1 aromatic heterocycles. The van der Waals surface area contributed by atoms with Crippen molar-refractivity contribution < 1.29 is 9.53 Å². The van der Waals surface area contributed by atoms with Crippen LogP contribution >= 0.6 is 0 Å². The minimum atomic E-state index is -0.475. The second kappa shape index (κ2) is 5.64. The molecule has 0 atom stereocenters. The molecule has 1 saturated heterocycles. The SMILES string of the molecule is Cn1nc(N2CCN(C(=O)OC(C)(C)C)CC2)cc1C#N. The minimum Gasteiger partial charge on any atom is -0.444 e. The van der Waals surface area contributed by atoms with Crippen molar-refractivity contribution in [3.05, 3.63) is 11.8 Å². The van der Waals surface area contributed by atoms with E-state index in [1.54, 1.807) is 22.7 Å². The van der Waals surface area contributed by atoms with Crippen LogP contribution in [0.4, 0.5) is 10.6 Å². The number of hydrogen-bond donors (Lipinski definition) is 0. The molecular weight excluding hydrogens is 270 g/mol. The molecule has 0 bridgehead atoms. The van der Waals surface area contributed by atoms with Crippen molar-refractivity contribution in [1.82, 2.24) is 14.7 Å². The van der Waals surface area contributed by atoms with Gasteiger partial charge in [0.1, 0.15) is 17.4 Å². The number of nitriles is 1. The van der Waals surface area contributed by atoms with Crippen LogP contribution in [0.15, 0.2) is 6.07 Å². The summed E-state index contributed by atoms with van der Waals surface area (Å²) < 4.78 is 6.93. The Kier molecular flexibility index (Phi) is 4.07. The summed E-state index contributed by atoms with van der Waals surface area (Å²) in [5.41, 5.74) is 0.0521. The number of carbonyl (C=O) groups excluding carboxylic acids is 1. The Morgan fingerprint density at radius 2 is 1.95 bits per heavy atom. The molecule has 7 nitrogen and oxygen atoms in total. The van der Waals surface area contributed by atoms with Crippen LogP contribution in [0.25, 0.3) is 0 Å². The van der Waals surface area contributed by atoms with Crippen LogP contribution in [0.1, 0.15) is 26.5 Å². The van der Waals surface area contributed by atoms with E-state index in [1.165, 1.54) is 0 Å². The number of rotatable bonds is 1. The number of amides is 1. The van der Waals surface area contributed by atoms with Gasteiger partial charge in [0.2, 0.25) is 0 Å². The van der Waals surface area contributed by atoms with Gasteiger partial charge in [0.05, 0.1) is 0 Å². The lowest BCUT2D eigenvalue weighted by molar-refractivity contribution is 0.0240. The monoisotopic (exact) mass is 291 g/mol. The van der Waals surface area contributed by atoms with Crippen LogP contribution in [-0.4, -0.2) is 52.6 Å². The fourth-order valence-corrected chi connectivity index (χ4v) is 2.16. The molecule has 1 amide bonds. The van der Waals surface area contributed by atoms with Crippen LogP contribution in [0.5, 0.6) is 0 Å². The lowest BCUT2D eigenvalue weighted by Gasteiger charge is -2.35. The Hall–Kier alpha value is -2.23. The molecule has 0 unspecified atom stereocenters. The maximum absolute atomic E-state index is 12.0. The first kappa shape index (κ1) is 15.2. The van der Waals surface area contributed by atoms with Crippen LogP contribution < -0.4 is 4.90 Å². The van der Waals surface area contributed by atoms with E-state index in [9.17, 15) is 4.79 Å². The van der Waals surface area contributed by atoms with E-state index in [-0.39, 0.29) is 6.09 Å². The fourth-order valence-electron chi connectivity index (χ4n) is 2.16. The van der Waals surface area contributed by atoms with Crippen molar-refractivity contribution in [3.8, 4) is 6.07 Å². The van der Waals surface area contributed by atoms with E-state index in [2.05, 4.69) is 16.1 Å². The Bertz CT molecular complexity index is 559. The summed E-state index contributed by atoms with van der Waals surface area (Å²) in [5.74, 6) is 0.776. The van der Waals surface area contributed by atoms with Gasteiger partial charge < -0.3 is 14.5 Å². The maximum atomic E-state index is 12.0. The first-order valence-corrected chi connectivity index (χ1v) is 6.97. The zero-order chi connectivity index (χ0) is 15.6. The number of aryl methyl sites for hydroxylation is 1. The largest absolute Gasteiger partial charge is 0.444 e. The number of anilines is 1. The lowest BCUT2D eigenvalue weighted by Crippen LogP contribution is -2.50. The van der Waals surface area contributed by atoms with Gasteiger partial charge in [0.25, 0.3) is 0 Å². The first-order chi connectivity index (χ1) is 9.80. The number of hydrogen-bond acceptors (Lipinski definition) is 5. The summed E-state index contributed by atoms with van der Waals surface area (Å²) in [4.78, 5) is 15.8. The van der Waals surface area contributed by atoms with Crippen molar-refractivity contribution in [1.29, 1.82) is 5.26 Å². The average molecular weight is 291 g/mol. The van der Waals surface area contributed by atoms with Gasteiger partial charge in [-0.25, -0.2) is 4.79 Å². The molecule has 1 aromatic rings. The van der Waals surface area contributed by atoms with Crippen molar-refractivity contribution in [2.24, 2.45) is 7.05 Å². The molecule has 21 heavy (non-hydrogen) atoms. The number of nitrogens with zero attached hydrogens (tertiary/aromatic N) is 5. The van der Waals surface area contributed by atoms with Crippen LogP contribution in [0.2, 0.25) is 0 Å². The van der Waals surface area contributed by atoms with Crippen molar-refractivity contribution in [2.45, 2.75) is 26.4 Å². The van der Waals surface area contributed by atoms with E-state index < -0.39 is 5.60 Å². The fraction of sp³-hybridized carbons (Fsp3) is 0.643. The predicted octanol–water partition coefficient (Wildman–Crippen LogP) is 1.35. The molecule has 0 radical (unpaired) electrons. The number of carbonyl (C=O) groups is 1. The zero-order valence-corrected chi connectivity index (χ0v) is 13.0. The Balaban J connectivity index is 1.94. The van der Waals surface area contributed by atoms with Gasteiger partial charge >= 0.3 is 6.09 Å². The lowest BCUT2D eigenvalue weighted by atomic mass is 10.2. The molecule has 0 saturated carbocycles. The molecule has 0 spiro atoms. The van der Waals surface area contributed by atoms with Crippen LogP contribution in [0, 0.1) is 11.3 Å². The van der Waals surface area contributed by atoms with E-state index in [1.807, 2.05) is 20.8 Å². The third-order valence-corrected chi connectivity index (χ3v) is 3.24. The maximum Gasteiger partial charge on any atom is 0.410 e.